The molecule has 0 aliphatic rings. The second-order valence-electron chi connectivity index (χ2n) is 4.88. The molecule has 0 saturated heterocycles. The van der Waals surface area contributed by atoms with Crippen LogP contribution in [-0.2, 0) is 6.42 Å². The lowest BCUT2D eigenvalue weighted by molar-refractivity contribution is 0.376. The number of rotatable bonds is 4. The molecule has 0 aliphatic carbocycles. The monoisotopic (exact) mass is 258 g/mol. The fourth-order valence-corrected chi connectivity index (χ4v) is 2.69. The van der Waals surface area contributed by atoms with Gasteiger partial charge in [-0.3, -0.25) is 0 Å². The molecule has 0 aromatic heterocycles. The molecule has 0 radical (unpaired) electrons. The Hall–Kier alpha value is -0.200. The van der Waals surface area contributed by atoms with Crippen molar-refractivity contribution in [2.24, 2.45) is 11.8 Å². The summed E-state index contributed by atoms with van der Waals surface area (Å²) in [5, 5.41) is 1.04. The van der Waals surface area contributed by atoms with Gasteiger partial charge in [-0.15, -0.1) is 11.6 Å². The summed E-state index contributed by atoms with van der Waals surface area (Å²) < 4.78 is 0. The first kappa shape index (κ1) is 13.9. The highest BCUT2D eigenvalue weighted by Crippen LogP contribution is 2.28. The summed E-state index contributed by atoms with van der Waals surface area (Å²) in [5.41, 5.74) is 2.41. The molecule has 0 nitrogen and oxygen atoms in total. The highest BCUT2D eigenvalue weighted by molar-refractivity contribution is 6.31. The Balaban J connectivity index is 2.85. The van der Waals surface area contributed by atoms with Crippen LogP contribution < -0.4 is 0 Å². The van der Waals surface area contributed by atoms with Crippen molar-refractivity contribution in [1.29, 1.82) is 0 Å². The molecule has 2 atom stereocenters. The van der Waals surface area contributed by atoms with Crippen molar-refractivity contribution in [3.63, 3.8) is 0 Å². The van der Waals surface area contributed by atoms with Crippen LogP contribution in [0, 0.1) is 18.8 Å². The molecule has 2 heteroatoms. The molecule has 0 N–H and O–H groups in total. The van der Waals surface area contributed by atoms with Gasteiger partial charge in [-0.25, -0.2) is 0 Å². The largest absolute Gasteiger partial charge is 0.123 e. The van der Waals surface area contributed by atoms with E-state index in [1.54, 1.807) is 0 Å². The van der Waals surface area contributed by atoms with Crippen molar-refractivity contribution in [2.75, 3.05) is 0 Å². The van der Waals surface area contributed by atoms with E-state index < -0.39 is 0 Å². The Bertz CT molecular complexity index is 335. The number of benzene rings is 1. The molecule has 2 unspecified atom stereocenters. The Morgan fingerprint density at radius 3 is 2.25 bits per heavy atom. The van der Waals surface area contributed by atoms with E-state index in [2.05, 4.69) is 39.8 Å². The van der Waals surface area contributed by atoms with E-state index in [9.17, 15) is 0 Å². The first-order valence-corrected chi connectivity index (χ1v) is 6.62. The molecule has 0 aliphatic heterocycles. The molecule has 0 heterocycles. The van der Waals surface area contributed by atoms with E-state index in [4.69, 9.17) is 23.2 Å². The molecular weight excluding hydrogens is 239 g/mol. The van der Waals surface area contributed by atoms with Gasteiger partial charge in [0.2, 0.25) is 0 Å². The Kier molecular flexibility index (Phi) is 5.14. The van der Waals surface area contributed by atoms with Crippen LogP contribution in [0.2, 0.25) is 5.02 Å². The van der Waals surface area contributed by atoms with Gasteiger partial charge in [-0.05, 0) is 49.3 Å². The quantitative estimate of drug-likeness (QED) is 0.660. The van der Waals surface area contributed by atoms with Gasteiger partial charge in [-0.2, -0.15) is 0 Å². The maximum Gasteiger partial charge on any atom is 0.0440 e. The third-order valence-electron chi connectivity index (χ3n) is 3.11. The van der Waals surface area contributed by atoms with Crippen LogP contribution in [0.15, 0.2) is 18.2 Å². The first-order valence-electron chi connectivity index (χ1n) is 5.81. The lowest BCUT2D eigenvalue weighted by atomic mass is 9.86. The molecule has 16 heavy (non-hydrogen) atoms. The number of aryl methyl sites for hydroxylation is 1. The number of alkyl halides is 1. The van der Waals surface area contributed by atoms with Crippen molar-refractivity contribution >= 4 is 23.2 Å². The lowest BCUT2D eigenvalue weighted by Gasteiger charge is -2.23. The highest BCUT2D eigenvalue weighted by atomic mass is 35.5. The average molecular weight is 259 g/mol. The molecule has 0 fully saturated rings. The zero-order chi connectivity index (χ0) is 12.3. The van der Waals surface area contributed by atoms with Gasteiger partial charge >= 0.3 is 0 Å². The number of hydrogen-bond acceptors (Lipinski definition) is 0. The predicted octanol–water partition coefficient (Wildman–Crippen LogP) is 5.09. The normalized spacial score (nSPS) is 15.2. The second-order valence-corrected chi connectivity index (χ2v) is 5.98. The predicted molar refractivity (Wildman–Crippen MR) is 73.5 cm³/mol. The maximum absolute atomic E-state index is 6.24. The smallest absolute Gasteiger partial charge is 0.0440 e. The third-order valence-corrected chi connectivity index (χ3v) is 3.79. The van der Waals surface area contributed by atoms with Crippen LogP contribution in [0.5, 0.6) is 0 Å². The summed E-state index contributed by atoms with van der Waals surface area (Å²) in [6.07, 6.45) is 0.960. The summed E-state index contributed by atoms with van der Waals surface area (Å²) in [6.45, 7) is 8.55. The Morgan fingerprint density at radius 2 is 1.81 bits per heavy atom. The van der Waals surface area contributed by atoms with E-state index in [0.29, 0.717) is 11.8 Å². The van der Waals surface area contributed by atoms with Crippen LogP contribution >= 0.6 is 23.2 Å². The van der Waals surface area contributed by atoms with Crippen molar-refractivity contribution in [3.05, 3.63) is 34.3 Å². The first-order chi connectivity index (χ1) is 7.41. The summed E-state index contributed by atoms with van der Waals surface area (Å²) in [7, 11) is 0. The summed E-state index contributed by atoms with van der Waals surface area (Å²) in [4.78, 5) is 0. The molecule has 1 aromatic rings. The van der Waals surface area contributed by atoms with Crippen LogP contribution in [-0.4, -0.2) is 5.38 Å². The van der Waals surface area contributed by atoms with E-state index in [0.717, 1.165) is 11.4 Å². The Morgan fingerprint density at radius 1 is 1.19 bits per heavy atom. The molecular formula is C14H20Cl2. The molecule has 90 valence electrons. The molecule has 0 saturated carbocycles. The lowest BCUT2D eigenvalue weighted by Crippen LogP contribution is -2.20. The number of halogens is 2. The molecule has 0 bridgehead atoms. The highest BCUT2D eigenvalue weighted by Gasteiger charge is 2.20. The van der Waals surface area contributed by atoms with E-state index in [1.165, 1.54) is 11.1 Å². The van der Waals surface area contributed by atoms with Crippen molar-refractivity contribution in [3.8, 4) is 0 Å². The Labute approximate surface area is 109 Å². The van der Waals surface area contributed by atoms with Crippen molar-refractivity contribution in [1.82, 2.24) is 0 Å². The molecule has 1 rings (SSSR count). The summed E-state index contributed by atoms with van der Waals surface area (Å²) in [5.74, 6) is 1.05. The standard InChI is InChI=1S/C14H20Cl2/c1-9(2)13(11(4)15)8-12-6-5-10(3)7-14(12)16/h5-7,9,11,13H,8H2,1-4H3. The fraction of sp³-hybridized carbons (Fsp3) is 0.571. The topological polar surface area (TPSA) is 0 Å². The van der Waals surface area contributed by atoms with Crippen LogP contribution in [0.4, 0.5) is 0 Å². The zero-order valence-corrected chi connectivity index (χ0v) is 11.9. The van der Waals surface area contributed by atoms with E-state index in [1.807, 2.05) is 6.07 Å². The molecule has 0 amide bonds. The number of hydrogen-bond donors (Lipinski definition) is 0. The van der Waals surface area contributed by atoms with Gasteiger partial charge in [0, 0.05) is 10.4 Å². The average Bonchev–Trinajstić information content (AvgIpc) is 2.15. The van der Waals surface area contributed by atoms with E-state index >= 15 is 0 Å². The summed E-state index contributed by atoms with van der Waals surface area (Å²) in [6, 6.07) is 6.25. The minimum Gasteiger partial charge on any atom is -0.123 e. The van der Waals surface area contributed by atoms with Crippen LogP contribution in [0.1, 0.15) is 31.9 Å². The van der Waals surface area contributed by atoms with Crippen LogP contribution in [0.25, 0.3) is 0 Å². The second kappa shape index (κ2) is 5.93. The van der Waals surface area contributed by atoms with Gasteiger partial charge in [0.1, 0.15) is 0 Å². The molecule has 1 aromatic carbocycles. The fourth-order valence-electron chi connectivity index (χ4n) is 2.00. The van der Waals surface area contributed by atoms with Gasteiger partial charge in [0.05, 0.1) is 0 Å². The zero-order valence-electron chi connectivity index (χ0n) is 10.4. The third kappa shape index (κ3) is 3.68. The van der Waals surface area contributed by atoms with Gasteiger partial charge < -0.3 is 0 Å². The van der Waals surface area contributed by atoms with Crippen LogP contribution in [0.3, 0.4) is 0 Å². The van der Waals surface area contributed by atoms with Gasteiger partial charge in [0.15, 0.2) is 0 Å². The minimum absolute atomic E-state index is 0.178. The van der Waals surface area contributed by atoms with Gasteiger partial charge in [-0.1, -0.05) is 37.6 Å². The van der Waals surface area contributed by atoms with E-state index in [-0.39, 0.29) is 5.38 Å². The van der Waals surface area contributed by atoms with Crippen molar-refractivity contribution in [2.45, 2.75) is 39.5 Å². The van der Waals surface area contributed by atoms with Crippen molar-refractivity contribution < 1.29 is 0 Å². The SMILES string of the molecule is Cc1ccc(CC(C(C)C)C(C)Cl)c(Cl)c1. The maximum atomic E-state index is 6.24. The molecule has 0 spiro atoms. The summed E-state index contributed by atoms with van der Waals surface area (Å²) >= 11 is 12.5. The van der Waals surface area contributed by atoms with Gasteiger partial charge in [0.25, 0.3) is 0 Å². The minimum atomic E-state index is 0.178.